The molecule has 0 aliphatic carbocycles. The second-order valence-corrected chi connectivity index (χ2v) is 7.54. The van der Waals surface area contributed by atoms with Gasteiger partial charge in [0.15, 0.2) is 6.10 Å². The van der Waals surface area contributed by atoms with Crippen molar-refractivity contribution in [2.24, 2.45) is 0 Å². The maximum absolute atomic E-state index is 12.2. The Morgan fingerprint density at radius 2 is 1.80 bits per heavy atom. The minimum absolute atomic E-state index is 0.0592. The van der Waals surface area contributed by atoms with E-state index in [0.29, 0.717) is 5.75 Å². The van der Waals surface area contributed by atoms with E-state index in [9.17, 15) is 13.2 Å². The summed E-state index contributed by atoms with van der Waals surface area (Å²) in [6.45, 7) is 5.35. The number of nitrogens with one attached hydrogen (secondary N) is 2. The summed E-state index contributed by atoms with van der Waals surface area (Å²) in [7, 11) is -3.98. The van der Waals surface area contributed by atoms with E-state index in [0.717, 1.165) is 11.1 Å². The Morgan fingerprint density at radius 3 is 2.48 bits per heavy atom. The summed E-state index contributed by atoms with van der Waals surface area (Å²) in [6, 6.07) is 11.4. The van der Waals surface area contributed by atoms with Crippen LogP contribution in [0.3, 0.4) is 0 Å². The van der Waals surface area contributed by atoms with Gasteiger partial charge in [0.05, 0.1) is 5.02 Å². The second kappa shape index (κ2) is 7.86. The van der Waals surface area contributed by atoms with E-state index in [-0.39, 0.29) is 9.92 Å². The number of amides is 1. The van der Waals surface area contributed by atoms with Gasteiger partial charge in [-0.15, -0.1) is 4.83 Å². The van der Waals surface area contributed by atoms with Crippen LogP contribution in [0.2, 0.25) is 5.02 Å². The molecule has 2 N–H and O–H groups in total. The smallest absolute Gasteiger partial charge is 0.275 e. The van der Waals surface area contributed by atoms with Gasteiger partial charge in [-0.1, -0.05) is 35.9 Å². The zero-order valence-corrected chi connectivity index (χ0v) is 15.6. The predicted molar refractivity (Wildman–Crippen MR) is 95.9 cm³/mol. The zero-order chi connectivity index (χ0) is 18.6. The zero-order valence-electron chi connectivity index (χ0n) is 14.0. The van der Waals surface area contributed by atoms with Crippen LogP contribution in [0.15, 0.2) is 47.4 Å². The fraction of sp³-hybridized carbons (Fsp3) is 0.235. The Labute approximate surface area is 152 Å². The molecule has 0 spiro atoms. The Kier molecular flexibility index (Phi) is 6.05. The van der Waals surface area contributed by atoms with Gasteiger partial charge < -0.3 is 4.74 Å². The molecular formula is C17H19ClN2O4S. The van der Waals surface area contributed by atoms with Crippen LogP contribution in [-0.4, -0.2) is 20.4 Å². The van der Waals surface area contributed by atoms with Crippen LogP contribution in [0.4, 0.5) is 0 Å². The van der Waals surface area contributed by atoms with Gasteiger partial charge in [-0.2, -0.15) is 0 Å². The number of carbonyl (C=O) groups is 1. The molecule has 1 amide bonds. The number of aryl methyl sites for hydroxylation is 1. The van der Waals surface area contributed by atoms with Gasteiger partial charge in [-0.25, -0.2) is 8.42 Å². The van der Waals surface area contributed by atoms with Gasteiger partial charge in [-0.05, 0) is 50.1 Å². The normalized spacial score (nSPS) is 12.5. The monoisotopic (exact) mass is 382 g/mol. The lowest BCUT2D eigenvalue weighted by molar-refractivity contribution is -0.127. The van der Waals surface area contributed by atoms with E-state index < -0.39 is 22.0 Å². The van der Waals surface area contributed by atoms with Crippen molar-refractivity contribution in [3.63, 3.8) is 0 Å². The lowest BCUT2D eigenvalue weighted by Crippen LogP contribution is -2.47. The SMILES string of the molecule is Cc1cccc(O[C@H](C)C(=O)NNS(=O)(=O)c2ccccc2Cl)c1C. The van der Waals surface area contributed by atoms with Gasteiger partial charge in [0.2, 0.25) is 0 Å². The number of hydrogen-bond donors (Lipinski definition) is 2. The first-order valence-corrected chi connectivity index (χ1v) is 9.37. The maximum atomic E-state index is 12.2. The number of sulfonamides is 1. The topological polar surface area (TPSA) is 84.5 Å². The number of ether oxygens (including phenoxy) is 1. The highest BCUT2D eigenvalue weighted by Gasteiger charge is 2.21. The third-order valence-electron chi connectivity index (χ3n) is 3.66. The molecule has 134 valence electrons. The number of benzene rings is 2. The fourth-order valence-electron chi connectivity index (χ4n) is 2.03. The molecule has 8 heteroatoms. The average Bonchev–Trinajstić information content (AvgIpc) is 2.57. The molecule has 0 heterocycles. The van der Waals surface area contributed by atoms with Crippen LogP contribution >= 0.6 is 11.6 Å². The fourth-order valence-corrected chi connectivity index (χ4v) is 3.40. The minimum Gasteiger partial charge on any atom is -0.481 e. The first-order chi connectivity index (χ1) is 11.7. The van der Waals surface area contributed by atoms with Crippen molar-refractivity contribution in [1.29, 1.82) is 0 Å². The summed E-state index contributed by atoms with van der Waals surface area (Å²) in [5, 5.41) is 0.0592. The van der Waals surface area contributed by atoms with E-state index in [1.807, 2.05) is 30.8 Å². The molecule has 0 aromatic heterocycles. The number of carbonyl (C=O) groups excluding carboxylic acids is 1. The van der Waals surface area contributed by atoms with Crippen molar-refractivity contribution in [3.8, 4) is 5.75 Å². The van der Waals surface area contributed by atoms with Gasteiger partial charge in [0, 0.05) is 0 Å². The number of rotatable bonds is 6. The van der Waals surface area contributed by atoms with E-state index >= 15 is 0 Å². The van der Waals surface area contributed by atoms with Crippen molar-refractivity contribution in [2.45, 2.75) is 31.8 Å². The van der Waals surface area contributed by atoms with Crippen LogP contribution in [0.5, 0.6) is 5.75 Å². The largest absolute Gasteiger partial charge is 0.481 e. The van der Waals surface area contributed by atoms with Crippen molar-refractivity contribution in [2.75, 3.05) is 0 Å². The molecule has 2 aromatic carbocycles. The highest BCUT2D eigenvalue weighted by Crippen LogP contribution is 2.22. The first-order valence-electron chi connectivity index (χ1n) is 7.51. The van der Waals surface area contributed by atoms with Crippen LogP contribution < -0.4 is 15.0 Å². The Balaban J connectivity index is 2.02. The maximum Gasteiger partial charge on any atom is 0.275 e. The molecular weight excluding hydrogens is 364 g/mol. The molecule has 6 nitrogen and oxygen atoms in total. The molecule has 0 aliphatic rings. The molecule has 0 aliphatic heterocycles. The molecule has 0 fully saturated rings. The van der Waals surface area contributed by atoms with E-state index in [4.69, 9.17) is 16.3 Å². The van der Waals surface area contributed by atoms with Gasteiger partial charge in [0.25, 0.3) is 15.9 Å². The Hall–Kier alpha value is -2.09. The van der Waals surface area contributed by atoms with Crippen LogP contribution in [-0.2, 0) is 14.8 Å². The molecule has 2 aromatic rings. The third kappa shape index (κ3) is 4.72. The molecule has 0 saturated carbocycles. The molecule has 2 rings (SSSR count). The van der Waals surface area contributed by atoms with Crippen LogP contribution in [0.25, 0.3) is 0 Å². The number of hydrogen-bond acceptors (Lipinski definition) is 4. The molecule has 25 heavy (non-hydrogen) atoms. The van der Waals surface area contributed by atoms with Gasteiger partial charge >= 0.3 is 0 Å². The Bertz CT molecular complexity index is 884. The summed E-state index contributed by atoms with van der Waals surface area (Å²) >= 11 is 5.87. The predicted octanol–water partition coefficient (Wildman–Crippen LogP) is 2.73. The lowest BCUT2D eigenvalue weighted by Gasteiger charge is -2.17. The molecule has 1 atom stereocenters. The molecule has 0 radical (unpaired) electrons. The second-order valence-electron chi connectivity index (χ2n) is 5.48. The first kappa shape index (κ1) is 19.2. The van der Waals surface area contributed by atoms with Crippen molar-refractivity contribution in [1.82, 2.24) is 10.3 Å². The third-order valence-corrected chi connectivity index (χ3v) is 5.41. The number of hydrazine groups is 1. The van der Waals surface area contributed by atoms with Crippen molar-refractivity contribution >= 4 is 27.5 Å². The number of halogens is 1. The van der Waals surface area contributed by atoms with Gasteiger partial charge in [-0.3, -0.25) is 10.2 Å². The quantitative estimate of drug-likeness (QED) is 0.752. The van der Waals surface area contributed by atoms with Gasteiger partial charge in [0.1, 0.15) is 10.6 Å². The molecule has 0 unspecified atom stereocenters. The standard InChI is InChI=1S/C17H19ClN2O4S/c1-11-7-6-9-15(12(11)2)24-13(3)17(21)19-20-25(22,23)16-10-5-4-8-14(16)18/h4-10,13,20H,1-3H3,(H,19,21)/t13-/m1/s1. The summed E-state index contributed by atoms with van der Waals surface area (Å²) in [6.07, 6.45) is -0.894. The van der Waals surface area contributed by atoms with E-state index in [1.165, 1.54) is 25.1 Å². The summed E-state index contributed by atoms with van der Waals surface area (Å²) in [5.41, 5.74) is 4.09. The van der Waals surface area contributed by atoms with E-state index in [2.05, 4.69) is 5.43 Å². The van der Waals surface area contributed by atoms with E-state index in [1.54, 1.807) is 12.1 Å². The molecule has 0 saturated heterocycles. The highest BCUT2D eigenvalue weighted by atomic mass is 35.5. The average molecular weight is 383 g/mol. The summed E-state index contributed by atoms with van der Waals surface area (Å²) in [4.78, 5) is 14.0. The summed E-state index contributed by atoms with van der Waals surface area (Å²) in [5.74, 6) is -0.0619. The van der Waals surface area contributed by atoms with Crippen LogP contribution in [0, 0.1) is 13.8 Å². The van der Waals surface area contributed by atoms with Crippen molar-refractivity contribution in [3.05, 3.63) is 58.6 Å². The lowest BCUT2D eigenvalue weighted by atomic mass is 10.1. The Morgan fingerprint density at radius 1 is 1.12 bits per heavy atom. The van der Waals surface area contributed by atoms with Crippen LogP contribution in [0.1, 0.15) is 18.1 Å². The minimum atomic E-state index is -3.98. The highest BCUT2D eigenvalue weighted by molar-refractivity contribution is 7.89. The summed E-state index contributed by atoms with van der Waals surface area (Å²) < 4.78 is 30.0. The van der Waals surface area contributed by atoms with Crippen molar-refractivity contribution < 1.29 is 17.9 Å². The molecule has 0 bridgehead atoms.